The van der Waals surface area contributed by atoms with Crippen LogP contribution in [0.5, 0.6) is 11.5 Å². The summed E-state index contributed by atoms with van der Waals surface area (Å²) in [6.07, 6.45) is -7.63. The van der Waals surface area contributed by atoms with Crippen LogP contribution in [0.25, 0.3) is 22.4 Å². The van der Waals surface area contributed by atoms with E-state index in [2.05, 4.69) is 9.97 Å². The van der Waals surface area contributed by atoms with Crippen molar-refractivity contribution in [2.75, 3.05) is 13.2 Å². The maximum absolute atomic E-state index is 14.8. The van der Waals surface area contributed by atoms with E-state index in [1.54, 1.807) is 0 Å². The molecule has 0 spiro atoms. The van der Waals surface area contributed by atoms with Gasteiger partial charge in [-0.05, 0) is 67.4 Å². The first-order valence-corrected chi connectivity index (χ1v) is 15.2. The number of nitrogens with one attached hydrogen (secondary N) is 1. The summed E-state index contributed by atoms with van der Waals surface area (Å²) in [5.74, 6) is -3.36. The summed E-state index contributed by atoms with van der Waals surface area (Å²) in [6.45, 7) is -1.63. The van der Waals surface area contributed by atoms with Gasteiger partial charge in [-0.2, -0.15) is 26.3 Å². The Kier molecular flexibility index (Phi) is 8.92. The summed E-state index contributed by atoms with van der Waals surface area (Å²) in [5, 5.41) is 13.3. The number of aromatic nitrogens is 2. The van der Waals surface area contributed by atoms with Gasteiger partial charge >= 0.3 is 12.4 Å². The van der Waals surface area contributed by atoms with Gasteiger partial charge in [-0.25, -0.2) is 9.37 Å². The van der Waals surface area contributed by atoms with Crippen molar-refractivity contribution in [2.45, 2.75) is 49.2 Å². The van der Waals surface area contributed by atoms with Crippen LogP contribution in [-0.2, 0) is 16.6 Å². The second kappa shape index (κ2) is 12.9. The van der Waals surface area contributed by atoms with Gasteiger partial charge in [0, 0.05) is 52.5 Å². The van der Waals surface area contributed by atoms with Crippen molar-refractivity contribution in [1.82, 2.24) is 15.3 Å². The monoisotopic (exact) mass is 704 g/mol. The number of pyridine rings is 2. The molecule has 4 aromatic rings. The zero-order chi connectivity index (χ0) is 36.0. The summed E-state index contributed by atoms with van der Waals surface area (Å²) < 4.78 is 111. The van der Waals surface area contributed by atoms with E-state index in [4.69, 9.17) is 15.2 Å². The van der Waals surface area contributed by atoms with Crippen LogP contribution in [0.4, 0.5) is 30.7 Å². The molecule has 2 aliphatic rings. The molecule has 1 fully saturated rings. The van der Waals surface area contributed by atoms with Crippen molar-refractivity contribution >= 4 is 11.8 Å². The number of hydrogen-bond acceptors (Lipinski definition) is 7. The molecule has 4 N–H and O–H groups in total. The molecule has 9 nitrogen and oxygen atoms in total. The van der Waals surface area contributed by atoms with Crippen LogP contribution >= 0.6 is 0 Å². The van der Waals surface area contributed by atoms with Crippen LogP contribution in [0.2, 0.25) is 0 Å². The van der Waals surface area contributed by atoms with E-state index in [0.717, 1.165) is 42.7 Å². The highest BCUT2D eigenvalue weighted by atomic mass is 19.4. The number of fused-ring (bicyclic) bond motifs is 1. The Morgan fingerprint density at radius 2 is 1.72 bits per heavy atom. The van der Waals surface area contributed by atoms with Gasteiger partial charge in [0.05, 0.1) is 30.5 Å². The first kappa shape index (κ1) is 34.6. The minimum absolute atomic E-state index is 0.00910. The smallest absolute Gasteiger partial charge is 0.424 e. The second-order valence-electron chi connectivity index (χ2n) is 11.9. The topological polar surface area (TPSA) is 137 Å². The Morgan fingerprint density at radius 1 is 1.00 bits per heavy atom. The summed E-state index contributed by atoms with van der Waals surface area (Å²) in [6, 6.07) is 9.66. The molecule has 262 valence electrons. The maximum Gasteiger partial charge on any atom is 0.424 e. The number of carbonyl (C=O) groups is 2. The molecular weight excluding hydrogens is 677 g/mol. The number of benzene rings is 2. The second-order valence-corrected chi connectivity index (χ2v) is 11.9. The largest absolute Gasteiger partial charge is 0.490 e. The third-order valence-corrected chi connectivity index (χ3v) is 8.31. The zero-order valence-electron chi connectivity index (χ0n) is 25.7. The van der Waals surface area contributed by atoms with Crippen LogP contribution in [0.15, 0.2) is 67.0 Å². The number of nitrogens with two attached hydrogens (primary N) is 1. The van der Waals surface area contributed by atoms with Crippen molar-refractivity contribution in [2.24, 2.45) is 5.73 Å². The fourth-order valence-corrected chi connectivity index (χ4v) is 5.56. The highest BCUT2D eigenvalue weighted by molar-refractivity contribution is 5.96. The van der Waals surface area contributed by atoms with Crippen LogP contribution in [0.1, 0.15) is 52.4 Å². The lowest BCUT2D eigenvalue weighted by Gasteiger charge is -2.31. The van der Waals surface area contributed by atoms with E-state index < -0.39 is 64.9 Å². The summed E-state index contributed by atoms with van der Waals surface area (Å²) in [7, 11) is 0. The Hall–Kier alpha value is -5.25. The molecule has 0 bridgehead atoms. The first-order valence-electron chi connectivity index (χ1n) is 15.2. The number of rotatable bonds is 10. The lowest BCUT2D eigenvalue weighted by molar-refractivity contribution is -0.265. The van der Waals surface area contributed by atoms with Gasteiger partial charge in [-0.15, -0.1) is 0 Å². The fourth-order valence-electron chi connectivity index (χ4n) is 5.56. The number of ether oxygens (including phenoxy) is 2. The number of primary amides is 1. The molecule has 1 aliphatic carbocycles. The fraction of sp³-hybridized carbons (Fsp3) is 0.294. The minimum atomic E-state index is -5.45. The van der Waals surface area contributed by atoms with Gasteiger partial charge in [0.15, 0.2) is 0 Å². The Balaban J connectivity index is 1.37. The molecule has 2 aromatic carbocycles. The van der Waals surface area contributed by atoms with Crippen LogP contribution in [0, 0.1) is 5.82 Å². The van der Waals surface area contributed by atoms with Crippen molar-refractivity contribution in [3.63, 3.8) is 0 Å². The predicted molar refractivity (Wildman–Crippen MR) is 162 cm³/mol. The molecule has 50 heavy (non-hydrogen) atoms. The summed E-state index contributed by atoms with van der Waals surface area (Å²) >= 11 is 0. The van der Waals surface area contributed by atoms with Gasteiger partial charge in [0.1, 0.15) is 23.0 Å². The van der Waals surface area contributed by atoms with E-state index in [1.165, 1.54) is 24.3 Å². The van der Waals surface area contributed by atoms with Crippen molar-refractivity contribution < 1.29 is 54.9 Å². The molecule has 3 heterocycles. The molecular formula is C34H27F7N4O5. The Labute approximate surface area is 279 Å². The quantitative estimate of drug-likeness (QED) is 0.171. The molecule has 0 saturated heterocycles. The lowest BCUT2D eigenvalue weighted by atomic mass is 9.90. The van der Waals surface area contributed by atoms with E-state index in [1.807, 2.05) is 5.32 Å². The molecule has 1 aliphatic heterocycles. The summed E-state index contributed by atoms with van der Waals surface area (Å²) in [5.41, 5.74) is -1.44. The SMILES string of the molecule is NC(=O)C[C@@H]1COc2c1cc([C@@](O)(CNC(=O)c1ccc(OC3CC3)c(-c3cnccc3C(F)(F)F)c1)C(F)(F)F)nc2-c1ccc(F)cc1. The van der Waals surface area contributed by atoms with E-state index in [-0.39, 0.29) is 58.6 Å². The number of amides is 2. The highest BCUT2D eigenvalue weighted by Gasteiger charge is 2.57. The number of alkyl halides is 6. The minimum Gasteiger partial charge on any atom is -0.490 e. The maximum atomic E-state index is 14.8. The van der Waals surface area contributed by atoms with Gasteiger partial charge in [0.25, 0.3) is 5.91 Å². The van der Waals surface area contributed by atoms with Crippen molar-refractivity contribution in [3.8, 4) is 33.9 Å². The molecule has 6 rings (SSSR count). The average molecular weight is 705 g/mol. The van der Waals surface area contributed by atoms with Gasteiger partial charge in [-0.1, -0.05) is 0 Å². The molecule has 2 aromatic heterocycles. The molecule has 0 unspecified atom stereocenters. The molecule has 2 atom stereocenters. The van der Waals surface area contributed by atoms with E-state index in [0.29, 0.717) is 12.8 Å². The van der Waals surface area contributed by atoms with Gasteiger partial charge in [-0.3, -0.25) is 14.6 Å². The highest BCUT2D eigenvalue weighted by Crippen LogP contribution is 2.47. The standard InChI is InChI=1S/C34H27F7N4O5/c35-20-4-1-17(2-5-20)29-30-22(19(15-49-30)12-28(42)46)13-27(45-29)32(48,34(39,40)41)16-44-31(47)18-3-8-26(50-21-6-7-21)23(11-18)24-14-43-10-9-25(24)33(36,37)38/h1-5,8-11,13-14,19,21,48H,6-7,12,15-16H2,(H2,42,46)(H,44,47)/t19-,32+/m1/s1. The number of carbonyl (C=O) groups excluding carboxylic acids is 2. The van der Waals surface area contributed by atoms with E-state index in [9.17, 15) is 45.4 Å². The third-order valence-electron chi connectivity index (χ3n) is 8.31. The van der Waals surface area contributed by atoms with E-state index >= 15 is 0 Å². The molecule has 1 saturated carbocycles. The number of hydrogen-bond donors (Lipinski definition) is 3. The summed E-state index contributed by atoms with van der Waals surface area (Å²) in [4.78, 5) is 32.9. The normalized spacial score (nSPS) is 17.0. The third kappa shape index (κ3) is 6.92. The van der Waals surface area contributed by atoms with Crippen LogP contribution in [-0.4, -0.2) is 52.3 Å². The predicted octanol–water partition coefficient (Wildman–Crippen LogP) is 6.04. The van der Waals surface area contributed by atoms with Crippen LogP contribution in [0.3, 0.4) is 0 Å². The average Bonchev–Trinajstić information content (AvgIpc) is 3.80. The molecule has 16 heteroatoms. The molecule has 2 amide bonds. The van der Waals surface area contributed by atoms with Crippen molar-refractivity contribution in [1.29, 1.82) is 0 Å². The Bertz CT molecular complexity index is 1950. The van der Waals surface area contributed by atoms with Gasteiger partial charge in [0.2, 0.25) is 11.5 Å². The molecule has 0 radical (unpaired) electrons. The lowest BCUT2D eigenvalue weighted by Crippen LogP contribution is -2.51. The van der Waals surface area contributed by atoms with Gasteiger partial charge < -0.3 is 25.6 Å². The first-order chi connectivity index (χ1) is 23.5. The Morgan fingerprint density at radius 3 is 2.36 bits per heavy atom. The number of aliphatic hydroxyl groups is 1. The van der Waals surface area contributed by atoms with Crippen molar-refractivity contribution in [3.05, 3.63) is 95.2 Å². The zero-order valence-corrected chi connectivity index (χ0v) is 25.7. The number of halogens is 7. The van der Waals surface area contributed by atoms with Crippen LogP contribution < -0.4 is 20.5 Å². The number of nitrogens with zero attached hydrogens (tertiary/aromatic N) is 2.